The Morgan fingerprint density at radius 1 is 1.10 bits per heavy atom. The molecule has 0 bridgehead atoms. The van der Waals surface area contributed by atoms with Gasteiger partial charge >= 0.3 is 5.97 Å². The molecule has 0 spiro atoms. The predicted octanol–water partition coefficient (Wildman–Crippen LogP) is 3.63. The van der Waals surface area contributed by atoms with Crippen molar-refractivity contribution in [2.24, 2.45) is 0 Å². The van der Waals surface area contributed by atoms with Crippen LogP contribution < -0.4 is 5.32 Å². The highest BCUT2D eigenvalue weighted by molar-refractivity contribution is 5.89. The summed E-state index contributed by atoms with van der Waals surface area (Å²) in [6.45, 7) is 2.67. The maximum Gasteiger partial charge on any atom is 0.336 e. The fraction of sp³-hybridized carbons (Fsp3) is 0.235. The van der Waals surface area contributed by atoms with Crippen molar-refractivity contribution in [2.75, 3.05) is 0 Å². The van der Waals surface area contributed by atoms with Crippen LogP contribution in [0.15, 0.2) is 54.6 Å². The summed E-state index contributed by atoms with van der Waals surface area (Å²) in [6.07, 6.45) is 0.958. The van der Waals surface area contributed by atoms with Crippen LogP contribution in [-0.4, -0.2) is 11.1 Å². The van der Waals surface area contributed by atoms with E-state index in [1.807, 2.05) is 30.3 Å². The second kappa shape index (κ2) is 6.87. The third-order valence-electron chi connectivity index (χ3n) is 3.40. The molecular formula is C17H19NO2. The van der Waals surface area contributed by atoms with Crippen molar-refractivity contribution in [1.82, 2.24) is 5.32 Å². The summed E-state index contributed by atoms with van der Waals surface area (Å²) in [5.41, 5.74) is 2.40. The van der Waals surface area contributed by atoms with Gasteiger partial charge in [-0.15, -0.1) is 0 Å². The minimum Gasteiger partial charge on any atom is -0.478 e. The van der Waals surface area contributed by atoms with Crippen LogP contribution in [0, 0.1) is 0 Å². The number of aromatic carboxylic acids is 1. The van der Waals surface area contributed by atoms with Gasteiger partial charge in [-0.25, -0.2) is 4.79 Å². The second-order valence-corrected chi connectivity index (χ2v) is 4.71. The molecule has 0 aromatic heterocycles. The number of carboxylic acids is 1. The van der Waals surface area contributed by atoms with E-state index in [4.69, 9.17) is 0 Å². The molecule has 3 nitrogen and oxygen atoms in total. The smallest absolute Gasteiger partial charge is 0.336 e. The van der Waals surface area contributed by atoms with Crippen LogP contribution in [0.25, 0.3) is 0 Å². The number of nitrogens with one attached hydrogen (secondary N) is 1. The lowest BCUT2D eigenvalue weighted by Crippen LogP contribution is -2.21. The summed E-state index contributed by atoms with van der Waals surface area (Å²) < 4.78 is 0. The molecule has 0 saturated carbocycles. The van der Waals surface area contributed by atoms with Gasteiger partial charge in [-0.2, -0.15) is 0 Å². The highest BCUT2D eigenvalue weighted by atomic mass is 16.4. The van der Waals surface area contributed by atoms with E-state index in [2.05, 4.69) is 24.4 Å². The van der Waals surface area contributed by atoms with Crippen molar-refractivity contribution < 1.29 is 9.90 Å². The van der Waals surface area contributed by atoms with Crippen molar-refractivity contribution in [1.29, 1.82) is 0 Å². The third kappa shape index (κ3) is 3.45. The summed E-state index contributed by atoms with van der Waals surface area (Å²) in [4.78, 5) is 11.2. The van der Waals surface area contributed by atoms with E-state index in [0.717, 1.165) is 12.0 Å². The number of rotatable bonds is 6. The average molecular weight is 269 g/mol. The van der Waals surface area contributed by atoms with Crippen molar-refractivity contribution >= 4 is 5.97 Å². The quantitative estimate of drug-likeness (QED) is 0.842. The molecule has 0 heterocycles. The van der Waals surface area contributed by atoms with Gasteiger partial charge in [0.15, 0.2) is 0 Å². The Hall–Kier alpha value is -2.13. The van der Waals surface area contributed by atoms with Crippen LogP contribution in [-0.2, 0) is 6.54 Å². The lowest BCUT2D eigenvalue weighted by molar-refractivity contribution is 0.0695. The average Bonchev–Trinajstić information content (AvgIpc) is 2.49. The molecule has 20 heavy (non-hydrogen) atoms. The molecule has 0 radical (unpaired) electrons. The van der Waals surface area contributed by atoms with Crippen LogP contribution in [0.1, 0.15) is 40.9 Å². The Labute approximate surface area is 119 Å². The fourth-order valence-corrected chi connectivity index (χ4v) is 2.30. The number of carboxylic acid groups (broad SMARTS) is 1. The largest absolute Gasteiger partial charge is 0.478 e. The third-order valence-corrected chi connectivity index (χ3v) is 3.40. The molecule has 0 aliphatic carbocycles. The molecule has 0 amide bonds. The van der Waals surface area contributed by atoms with Gasteiger partial charge < -0.3 is 10.4 Å². The summed E-state index contributed by atoms with van der Waals surface area (Å²) in [7, 11) is 0. The first-order chi connectivity index (χ1) is 9.72. The molecule has 0 aliphatic rings. The standard InChI is InChI=1S/C17H19NO2/c1-2-16(13-8-4-3-5-9-13)18-12-14-10-6-7-11-15(14)17(19)20/h3-11,16,18H,2,12H2,1H3,(H,19,20). The Balaban J connectivity index is 2.10. The Kier molecular flexibility index (Phi) is 4.91. The van der Waals surface area contributed by atoms with E-state index in [9.17, 15) is 9.90 Å². The molecule has 0 saturated heterocycles. The summed E-state index contributed by atoms with van der Waals surface area (Å²) in [5, 5.41) is 12.6. The first kappa shape index (κ1) is 14.3. The Morgan fingerprint density at radius 3 is 2.40 bits per heavy atom. The van der Waals surface area contributed by atoms with Gasteiger partial charge in [0.25, 0.3) is 0 Å². The maximum absolute atomic E-state index is 11.2. The van der Waals surface area contributed by atoms with Gasteiger partial charge in [0.1, 0.15) is 0 Å². The van der Waals surface area contributed by atoms with Crippen molar-refractivity contribution in [2.45, 2.75) is 25.9 Å². The highest BCUT2D eigenvalue weighted by Crippen LogP contribution is 2.17. The molecule has 0 fully saturated rings. The lowest BCUT2D eigenvalue weighted by Gasteiger charge is -2.18. The number of benzene rings is 2. The number of hydrogen-bond donors (Lipinski definition) is 2. The first-order valence-electron chi connectivity index (χ1n) is 6.82. The van der Waals surface area contributed by atoms with Gasteiger partial charge in [0.05, 0.1) is 5.56 Å². The maximum atomic E-state index is 11.2. The molecule has 2 N–H and O–H groups in total. The van der Waals surface area contributed by atoms with Crippen molar-refractivity contribution in [3.05, 3.63) is 71.3 Å². The van der Waals surface area contributed by atoms with Crippen LogP contribution >= 0.6 is 0 Å². The van der Waals surface area contributed by atoms with Crippen LogP contribution in [0.5, 0.6) is 0 Å². The number of hydrogen-bond acceptors (Lipinski definition) is 2. The molecule has 104 valence electrons. The molecule has 2 rings (SSSR count). The highest BCUT2D eigenvalue weighted by Gasteiger charge is 2.12. The molecule has 1 atom stereocenters. The van der Waals surface area contributed by atoms with Crippen LogP contribution in [0.2, 0.25) is 0 Å². The monoisotopic (exact) mass is 269 g/mol. The van der Waals surface area contributed by atoms with E-state index in [0.29, 0.717) is 12.1 Å². The van der Waals surface area contributed by atoms with Gasteiger partial charge in [-0.05, 0) is 23.6 Å². The summed E-state index contributed by atoms with van der Waals surface area (Å²) in [6, 6.07) is 17.6. The van der Waals surface area contributed by atoms with Gasteiger partial charge in [0.2, 0.25) is 0 Å². The second-order valence-electron chi connectivity index (χ2n) is 4.71. The van der Waals surface area contributed by atoms with E-state index < -0.39 is 5.97 Å². The topological polar surface area (TPSA) is 49.3 Å². The predicted molar refractivity (Wildman–Crippen MR) is 79.7 cm³/mol. The Bertz CT molecular complexity index is 566. The number of carbonyl (C=O) groups is 1. The minimum absolute atomic E-state index is 0.234. The van der Waals surface area contributed by atoms with Gasteiger partial charge in [-0.1, -0.05) is 55.5 Å². The molecule has 0 aliphatic heterocycles. The SMILES string of the molecule is CCC(NCc1ccccc1C(=O)O)c1ccccc1. The van der Waals surface area contributed by atoms with Crippen LogP contribution in [0.4, 0.5) is 0 Å². The molecule has 3 heteroatoms. The van der Waals surface area contributed by atoms with E-state index >= 15 is 0 Å². The molecule has 2 aromatic carbocycles. The molecular weight excluding hydrogens is 250 g/mol. The normalized spacial score (nSPS) is 12.1. The summed E-state index contributed by atoms with van der Waals surface area (Å²) >= 11 is 0. The lowest BCUT2D eigenvalue weighted by atomic mass is 10.0. The molecule has 2 aromatic rings. The van der Waals surface area contributed by atoms with E-state index in [1.54, 1.807) is 12.1 Å². The fourth-order valence-electron chi connectivity index (χ4n) is 2.30. The van der Waals surface area contributed by atoms with Crippen molar-refractivity contribution in [3.63, 3.8) is 0 Å². The van der Waals surface area contributed by atoms with Gasteiger partial charge in [-0.3, -0.25) is 0 Å². The zero-order chi connectivity index (χ0) is 14.4. The van der Waals surface area contributed by atoms with E-state index in [1.165, 1.54) is 5.56 Å². The summed E-state index contributed by atoms with van der Waals surface area (Å²) in [5.74, 6) is -0.879. The van der Waals surface area contributed by atoms with E-state index in [-0.39, 0.29) is 6.04 Å². The van der Waals surface area contributed by atoms with Crippen molar-refractivity contribution in [3.8, 4) is 0 Å². The zero-order valence-electron chi connectivity index (χ0n) is 11.5. The van der Waals surface area contributed by atoms with Crippen LogP contribution in [0.3, 0.4) is 0 Å². The minimum atomic E-state index is -0.879. The Morgan fingerprint density at radius 2 is 1.75 bits per heavy atom. The van der Waals surface area contributed by atoms with Gasteiger partial charge in [0, 0.05) is 12.6 Å². The molecule has 1 unspecified atom stereocenters. The first-order valence-corrected chi connectivity index (χ1v) is 6.82. The zero-order valence-corrected chi connectivity index (χ0v) is 11.5.